The number of non-ortho nitro benzene ring substituents is 1. The molecule has 2 aromatic carbocycles. The molecule has 0 aliphatic rings. The van der Waals surface area contributed by atoms with E-state index in [1.54, 1.807) is 45.0 Å². The lowest BCUT2D eigenvalue weighted by Gasteiger charge is -2.32. The van der Waals surface area contributed by atoms with Crippen LogP contribution in [0.2, 0.25) is 0 Å². The second kappa shape index (κ2) is 12.2. The molecule has 0 spiro atoms. The number of nitrogens with one attached hydrogen (secondary N) is 1. The Morgan fingerprint density at radius 2 is 1.75 bits per heavy atom. The SMILES string of the molecule is COc1ccc([N+](=O)[O-])cc1N(CC(=O)N(Cc1ccc(Br)cc1)[C@@H](C)C(=O)NC(C)C)S(C)(=O)=O. The molecule has 0 saturated heterocycles. The molecule has 0 heterocycles. The smallest absolute Gasteiger partial charge is 0.271 e. The van der Waals surface area contributed by atoms with Crippen molar-refractivity contribution in [2.75, 3.05) is 24.2 Å². The summed E-state index contributed by atoms with van der Waals surface area (Å²) in [5.74, 6) is -1.05. The Balaban J connectivity index is 2.51. The molecule has 196 valence electrons. The van der Waals surface area contributed by atoms with E-state index in [1.165, 1.54) is 24.1 Å². The number of methoxy groups -OCH3 is 1. The second-order valence-electron chi connectivity index (χ2n) is 8.37. The number of halogens is 1. The van der Waals surface area contributed by atoms with Gasteiger partial charge in [0.25, 0.3) is 5.69 Å². The highest BCUT2D eigenvalue weighted by Gasteiger charge is 2.32. The molecule has 2 rings (SSSR count). The van der Waals surface area contributed by atoms with Gasteiger partial charge in [-0.1, -0.05) is 28.1 Å². The van der Waals surface area contributed by atoms with Crippen LogP contribution < -0.4 is 14.4 Å². The highest BCUT2D eigenvalue weighted by Crippen LogP contribution is 2.34. The summed E-state index contributed by atoms with van der Waals surface area (Å²) >= 11 is 3.35. The number of rotatable bonds is 11. The minimum absolute atomic E-state index is 0.0302. The lowest BCUT2D eigenvalue weighted by atomic mass is 10.1. The fourth-order valence-electron chi connectivity index (χ4n) is 3.36. The predicted molar refractivity (Wildman–Crippen MR) is 139 cm³/mol. The van der Waals surface area contributed by atoms with Crippen LogP contribution in [-0.4, -0.2) is 62.0 Å². The zero-order valence-corrected chi connectivity index (χ0v) is 23.0. The number of anilines is 1. The average molecular weight is 585 g/mol. The minimum Gasteiger partial charge on any atom is -0.495 e. The number of amides is 2. The van der Waals surface area contributed by atoms with Crippen LogP contribution in [0, 0.1) is 10.1 Å². The van der Waals surface area contributed by atoms with Crippen molar-refractivity contribution in [2.45, 2.75) is 39.4 Å². The van der Waals surface area contributed by atoms with Gasteiger partial charge in [-0.3, -0.25) is 24.0 Å². The number of nitro benzene ring substituents is 1. The fourth-order valence-corrected chi connectivity index (χ4v) is 4.47. The quantitative estimate of drug-likeness (QED) is 0.316. The maximum Gasteiger partial charge on any atom is 0.271 e. The van der Waals surface area contributed by atoms with Gasteiger partial charge in [0, 0.05) is 29.2 Å². The van der Waals surface area contributed by atoms with Crippen molar-refractivity contribution in [3.05, 3.63) is 62.6 Å². The van der Waals surface area contributed by atoms with Crippen LogP contribution in [0.5, 0.6) is 5.75 Å². The summed E-state index contributed by atoms with van der Waals surface area (Å²) in [5.41, 5.74) is 0.184. The first-order valence-corrected chi connectivity index (χ1v) is 13.5. The van der Waals surface area contributed by atoms with Gasteiger partial charge in [-0.25, -0.2) is 8.42 Å². The van der Waals surface area contributed by atoms with Gasteiger partial charge in [0.05, 0.1) is 18.3 Å². The molecule has 1 atom stereocenters. The van der Waals surface area contributed by atoms with Crippen molar-refractivity contribution < 1.29 is 27.7 Å². The molecular weight excluding hydrogens is 556 g/mol. The van der Waals surface area contributed by atoms with Crippen LogP contribution in [0.25, 0.3) is 0 Å². The molecule has 0 fully saturated rings. The summed E-state index contributed by atoms with van der Waals surface area (Å²) < 4.78 is 32.2. The molecule has 0 bridgehead atoms. The van der Waals surface area contributed by atoms with Gasteiger partial charge >= 0.3 is 0 Å². The Morgan fingerprint density at radius 1 is 1.14 bits per heavy atom. The van der Waals surface area contributed by atoms with Crippen molar-refractivity contribution in [1.82, 2.24) is 10.2 Å². The normalized spacial score (nSPS) is 12.1. The number of hydrogen-bond acceptors (Lipinski definition) is 7. The zero-order chi connectivity index (χ0) is 27.2. The number of ether oxygens (including phenoxy) is 1. The third-order valence-electron chi connectivity index (χ3n) is 5.19. The third kappa shape index (κ3) is 7.65. The number of benzene rings is 2. The van der Waals surface area contributed by atoms with Crippen LogP contribution in [0.1, 0.15) is 26.3 Å². The van der Waals surface area contributed by atoms with Crippen LogP contribution in [0.4, 0.5) is 11.4 Å². The van der Waals surface area contributed by atoms with Crippen molar-refractivity contribution in [3.63, 3.8) is 0 Å². The molecule has 36 heavy (non-hydrogen) atoms. The van der Waals surface area contributed by atoms with E-state index in [1.807, 2.05) is 0 Å². The lowest BCUT2D eigenvalue weighted by Crippen LogP contribution is -2.52. The molecule has 0 radical (unpaired) electrons. The van der Waals surface area contributed by atoms with Gasteiger partial charge in [0.15, 0.2) is 0 Å². The van der Waals surface area contributed by atoms with Crippen molar-refractivity contribution in [3.8, 4) is 5.75 Å². The first-order valence-electron chi connectivity index (χ1n) is 10.9. The number of carbonyl (C=O) groups is 2. The lowest BCUT2D eigenvalue weighted by molar-refractivity contribution is -0.384. The monoisotopic (exact) mass is 584 g/mol. The van der Waals surface area contributed by atoms with Crippen LogP contribution >= 0.6 is 15.9 Å². The molecule has 2 amide bonds. The predicted octanol–water partition coefficient (Wildman–Crippen LogP) is 3.07. The maximum absolute atomic E-state index is 13.6. The van der Waals surface area contributed by atoms with Crippen LogP contribution in [-0.2, 0) is 26.2 Å². The Hall–Kier alpha value is -3.19. The van der Waals surface area contributed by atoms with Gasteiger partial charge < -0.3 is 15.0 Å². The summed E-state index contributed by atoms with van der Waals surface area (Å²) in [4.78, 5) is 38.2. The fraction of sp³-hybridized carbons (Fsp3) is 0.391. The maximum atomic E-state index is 13.6. The van der Waals surface area contributed by atoms with E-state index >= 15 is 0 Å². The minimum atomic E-state index is -4.09. The molecule has 1 N–H and O–H groups in total. The molecule has 11 nitrogen and oxygen atoms in total. The Bertz CT molecular complexity index is 1220. The van der Waals surface area contributed by atoms with E-state index in [0.29, 0.717) is 0 Å². The Labute approximate surface area is 218 Å². The van der Waals surface area contributed by atoms with E-state index < -0.39 is 39.3 Å². The van der Waals surface area contributed by atoms with E-state index in [0.717, 1.165) is 26.7 Å². The summed E-state index contributed by atoms with van der Waals surface area (Å²) in [7, 11) is -2.81. The van der Waals surface area contributed by atoms with E-state index in [2.05, 4.69) is 21.2 Å². The Kier molecular flexibility index (Phi) is 9.82. The summed E-state index contributed by atoms with van der Waals surface area (Å²) in [6, 6.07) is 9.47. The molecule has 0 unspecified atom stereocenters. The van der Waals surface area contributed by atoms with Gasteiger partial charge in [-0.2, -0.15) is 0 Å². The first-order chi connectivity index (χ1) is 16.7. The Morgan fingerprint density at radius 3 is 2.25 bits per heavy atom. The van der Waals surface area contributed by atoms with E-state index in [4.69, 9.17) is 4.74 Å². The second-order valence-corrected chi connectivity index (χ2v) is 11.2. The van der Waals surface area contributed by atoms with Crippen molar-refractivity contribution >= 4 is 49.1 Å². The van der Waals surface area contributed by atoms with Crippen molar-refractivity contribution in [2.24, 2.45) is 0 Å². The largest absolute Gasteiger partial charge is 0.495 e. The van der Waals surface area contributed by atoms with Crippen LogP contribution in [0.3, 0.4) is 0 Å². The standard InChI is InChI=1S/C23H29BrN4O7S/c1-15(2)25-23(30)16(3)26(13-17-6-8-18(24)9-7-17)22(29)14-27(36(5,33)34)20-12-19(28(31)32)10-11-21(20)35-4/h6-12,15-16H,13-14H2,1-5H3,(H,25,30)/t16-/m0/s1. The summed E-state index contributed by atoms with van der Waals surface area (Å²) in [6.45, 7) is 4.44. The number of nitrogens with zero attached hydrogens (tertiary/aromatic N) is 3. The summed E-state index contributed by atoms with van der Waals surface area (Å²) in [5, 5.41) is 14.1. The molecule has 0 aromatic heterocycles. The molecule has 13 heteroatoms. The average Bonchev–Trinajstić information content (AvgIpc) is 2.79. The third-order valence-corrected chi connectivity index (χ3v) is 6.84. The number of sulfonamides is 1. The molecule has 2 aromatic rings. The summed E-state index contributed by atoms with van der Waals surface area (Å²) in [6.07, 6.45) is 0.881. The van der Waals surface area contributed by atoms with Gasteiger partial charge in [0.2, 0.25) is 21.8 Å². The number of hydrogen-bond donors (Lipinski definition) is 1. The van der Waals surface area contributed by atoms with E-state index in [9.17, 15) is 28.1 Å². The zero-order valence-electron chi connectivity index (χ0n) is 20.6. The molecule has 0 saturated carbocycles. The highest BCUT2D eigenvalue weighted by molar-refractivity contribution is 9.10. The highest BCUT2D eigenvalue weighted by atomic mass is 79.9. The molecule has 0 aliphatic heterocycles. The first kappa shape index (κ1) is 29.0. The molecule has 0 aliphatic carbocycles. The molecular formula is C23H29BrN4O7S. The van der Waals surface area contributed by atoms with Crippen LogP contribution in [0.15, 0.2) is 46.9 Å². The topological polar surface area (TPSA) is 139 Å². The number of nitro groups is 1. The van der Waals surface area contributed by atoms with Crippen molar-refractivity contribution in [1.29, 1.82) is 0 Å². The van der Waals surface area contributed by atoms with Gasteiger partial charge in [-0.05, 0) is 44.5 Å². The van der Waals surface area contributed by atoms with E-state index in [-0.39, 0.29) is 29.7 Å². The number of carbonyl (C=O) groups excluding carboxylic acids is 2. The van der Waals surface area contributed by atoms with Gasteiger partial charge in [-0.15, -0.1) is 0 Å². The van der Waals surface area contributed by atoms with Gasteiger partial charge in [0.1, 0.15) is 24.0 Å².